The molecule has 4 atom stereocenters. The molecule has 1 aliphatic heterocycles. The molecular formula is C33H42N8O6. The topological polar surface area (TPSA) is 221 Å². The predicted molar refractivity (Wildman–Crippen MR) is 175 cm³/mol. The average Bonchev–Trinajstić information content (AvgIpc) is 3.04. The Labute approximate surface area is 273 Å². The van der Waals surface area contributed by atoms with Crippen molar-refractivity contribution in [3.8, 4) is 5.75 Å². The lowest BCUT2D eigenvalue weighted by Crippen LogP contribution is -2.65. The van der Waals surface area contributed by atoms with Gasteiger partial charge in [-0.3, -0.25) is 33.9 Å². The van der Waals surface area contributed by atoms with Crippen LogP contribution in [0.5, 0.6) is 5.75 Å². The minimum atomic E-state index is -1.70. The predicted octanol–water partition coefficient (Wildman–Crippen LogP) is -0.693. The summed E-state index contributed by atoms with van der Waals surface area (Å²) in [5.41, 5.74) is 12.0. The zero-order valence-corrected chi connectivity index (χ0v) is 26.3. The van der Waals surface area contributed by atoms with Gasteiger partial charge in [-0.1, -0.05) is 48.6 Å². The van der Waals surface area contributed by atoms with Gasteiger partial charge in [-0.25, -0.2) is 0 Å². The number of fused-ring (bicyclic) bond motifs is 1. The number of hydrogen-bond acceptors (Lipinski definition) is 8. The molecule has 0 radical (unpaired) electrons. The third-order valence-corrected chi connectivity index (χ3v) is 8.30. The second kappa shape index (κ2) is 15.9. The molecular weight excluding hydrogens is 604 g/mol. The number of hydrogen-bond donors (Lipinski definition) is 7. The second-order valence-corrected chi connectivity index (χ2v) is 11.9. The van der Waals surface area contributed by atoms with Crippen LogP contribution in [-0.4, -0.2) is 90.3 Å². The molecule has 1 heterocycles. The molecule has 0 spiro atoms. The molecule has 47 heavy (non-hydrogen) atoms. The van der Waals surface area contributed by atoms with Crippen LogP contribution in [0.4, 0.5) is 0 Å². The summed E-state index contributed by atoms with van der Waals surface area (Å²) in [5, 5.41) is 20.5. The Morgan fingerprint density at radius 2 is 1.77 bits per heavy atom. The lowest BCUT2D eigenvalue weighted by molar-refractivity contribution is -0.138. The molecule has 0 aromatic heterocycles. The number of nitrogens with one attached hydrogen (secondary N) is 4. The number of guanidine groups is 1. The standard InChI is InChI=1S/C33H42N8O6/c1-41-19-29(45)38-26(7-4-14-36-32(34)35)31(47)39-27(16-22-8-11-23-5-2-3-6-24(23)15-22)30(46)37-18-28(44)40-33(41,20-42)17-21-9-12-25(43)13-10-21/h2-3,5-6,8-13,20,22,26-27,43H,4,7,14-19H2,1H3,(H,37,46)(H,38,45)(H,39,47)(H,40,44)(H4,34,35,36). The first-order valence-corrected chi connectivity index (χ1v) is 15.4. The van der Waals surface area contributed by atoms with Gasteiger partial charge in [0.05, 0.1) is 13.1 Å². The third kappa shape index (κ3) is 9.63. The van der Waals surface area contributed by atoms with Crippen molar-refractivity contribution in [2.45, 2.75) is 49.9 Å². The van der Waals surface area contributed by atoms with Crippen LogP contribution in [0.15, 0.2) is 59.6 Å². The summed E-state index contributed by atoms with van der Waals surface area (Å²) in [6, 6.07) is 11.9. The van der Waals surface area contributed by atoms with Gasteiger partial charge in [-0.05, 0) is 67.5 Å². The fraction of sp³-hybridized carbons (Fsp3) is 0.394. The Hall–Kier alpha value is -5.24. The van der Waals surface area contributed by atoms with Gasteiger partial charge in [-0.2, -0.15) is 0 Å². The number of nitrogens with zero attached hydrogens (tertiary/aromatic N) is 2. The Kier molecular flexibility index (Phi) is 11.7. The van der Waals surface area contributed by atoms with Gasteiger partial charge in [0.2, 0.25) is 23.6 Å². The maximum absolute atomic E-state index is 13.7. The van der Waals surface area contributed by atoms with E-state index in [9.17, 15) is 29.1 Å². The number of amides is 4. The SMILES string of the molecule is CN1CC(=O)NC(CCCN=C(N)N)C(=O)NC(CC2C=Cc3ccccc3C2)C(=O)NCC(=O)NC1(C=O)Cc1ccc(O)cc1. The van der Waals surface area contributed by atoms with E-state index in [1.54, 1.807) is 12.1 Å². The molecule has 1 aliphatic carbocycles. The molecule has 2 aromatic rings. The summed E-state index contributed by atoms with van der Waals surface area (Å²) in [6.45, 7) is -0.635. The molecule has 14 heteroatoms. The highest BCUT2D eigenvalue weighted by molar-refractivity contribution is 5.94. The van der Waals surface area contributed by atoms with E-state index in [4.69, 9.17) is 11.5 Å². The zero-order chi connectivity index (χ0) is 34.0. The van der Waals surface area contributed by atoms with E-state index in [0.29, 0.717) is 24.7 Å². The fourth-order valence-electron chi connectivity index (χ4n) is 5.75. The van der Waals surface area contributed by atoms with Gasteiger partial charge in [0.1, 0.15) is 17.8 Å². The Morgan fingerprint density at radius 3 is 2.49 bits per heavy atom. The Bertz CT molecular complexity index is 1520. The number of phenols is 1. The summed E-state index contributed by atoms with van der Waals surface area (Å²) < 4.78 is 0. The largest absolute Gasteiger partial charge is 0.508 e. The second-order valence-electron chi connectivity index (χ2n) is 11.9. The highest BCUT2D eigenvalue weighted by atomic mass is 16.3. The summed E-state index contributed by atoms with van der Waals surface area (Å²) in [5.74, 6) is -2.62. The lowest BCUT2D eigenvalue weighted by atomic mass is 9.85. The van der Waals surface area contributed by atoms with Gasteiger partial charge in [0.25, 0.3) is 0 Å². The van der Waals surface area contributed by atoms with Crippen molar-refractivity contribution in [1.29, 1.82) is 0 Å². The smallest absolute Gasteiger partial charge is 0.243 e. The number of nitrogens with two attached hydrogens (primary N) is 2. The van der Waals surface area contributed by atoms with Crippen LogP contribution in [0.25, 0.3) is 6.08 Å². The molecule has 0 bridgehead atoms. The van der Waals surface area contributed by atoms with E-state index in [2.05, 4.69) is 26.3 Å². The summed E-state index contributed by atoms with van der Waals surface area (Å²) >= 11 is 0. The van der Waals surface area contributed by atoms with Crippen LogP contribution >= 0.6 is 0 Å². The highest BCUT2D eigenvalue weighted by Gasteiger charge is 2.39. The number of likely N-dealkylation sites (N-methyl/N-ethyl adjacent to an activating group) is 1. The molecule has 1 saturated heterocycles. The van der Waals surface area contributed by atoms with Crippen LogP contribution in [-0.2, 0) is 36.8 Å². The number of benzene rings is 2. The molecule has 2 aliphatic rings. The number of rotatable bonds is 9. The van der Waals surface area contributed by atoms with Crippen LogP contribution in [0.1, 0.15) is 36.0 Å². The van der Waals surface area contributed by atoms with Gasteiger partial charge >= 0.3 is 0 Å². The molecule has 4 unspecified atom stereocenters. The minimum absolute atomic E-state index is 0.0195. The van der Waals surface area contributed by atoms with E-state index in [-0.39, 0.29) is 50.0 Å². The van der Waals surface area contributed by atoms with Gasteiger partial charge in [0.15, 0.2) is 17.9 Å². The monoisotopic (exact) mass is 646 g/mol. The van der Waals surface area contributed by atoms with E-state index in [0.717, 1.165) is 11.1 Å². The van der Waals surface area contributed by atoms with Crippen molar-refractivity contribution in [1.82, 2.24) is 26.2 Å². The molecule has 250 valence electrons. The van der Waals surface area contributed by atoms with E-state index >= 15 is 0 Å². The first kappa shape index (κ1) is 34.6. The van der Waals surface area contributed by atoms with Gasteiger partial charge in [-0.15, -0.1) is 0 Å². The average molecular weight is 647 g/mol. The zero-order valence-electron chi connectivity index (χ0n) is 26.3. The number of aldehydes is 1. The Balaban J connectivity index is 1.61. The van der Waals surface area contributed by atoms with Crippen molar-refractivity contribution in [3.05, 3.63) is 71.3 Å². The minimum Gasteiger partial charge on any atom is -0.508 e. The van der Waals surface area contributed by atoms with Crippen LogP contribution in [0, 0.1) is 5.92 Å². The molecule has 14 nitrogen and oxygen atoms in total. The number of aromatic hydroxyl groups is 1. The molecule has 4 rings (SSSR count). The van der Waals surface area contributed by atoms with Crippen LogP contribution in [0.3, 0.4) is 0 Å². The van der Waals surface area contributed by atoms with Crippen molar-refractivity contribution in [2.24, 2.45) is 22.4 Å². The summed E-state index contributed by atoms with van der Waals surface area (Å²) in [4.78, 5) is 71.8. The third-order valence-electron chi connectivity index (χ3n) is 8.30. The maximum atomic E-state index is 13.7. The molecule has 4 amide bonds. The molecule has 2 aromatic carbocycles. The number of carbonyl (C=O) groups is 5. The number of aliphatic imine (C=N–C) groups is 1. The van der Waals surface area contributed by atoms with Gasteiger partial charge in [0, 0.05) is 13.0 Å². The van der Waals surface area contributed by atoms with Crippen molar-refractivity contribution < 1.29 is 29.1 Å². The quantitative estimate of drug-likeness (QED) is 0.0792. The normalized spacial score (nSPS) is 24.1. The fourth-order valence-corrected chi connectivity index (χ4v) is 5.75. The highest BCUT2D eigenvalue weighted by Crippen LogP contribution is 2.26. The Morgan fingerprint density at radius 1 is 1.02 bits per heavy atom. The van der Waals surface area contributed by atoms with E-state index < -0.39 is 47.9 Å². The maximum Gasteiger partial charge on any atom is 0.243 e. The lowest BCUT2D eigenvalue weighted by Gasteiger charge is -2.38. The number of phenolic OH excluding ortho intramolecular Hbond substituents is 1. The van der Waals surface area contributed by atoms with E-state index in [1.807, 2.05) is 36.4 Å². The van der Waals surface area contributed by atoms with Crippen molar-refractivity contribution >= 4 is 42.0 Å². The number of allylic oxidation sites excluding steroid dienone is 1. The van der Waals surface area contributed by atoms with Gasteiger partial charge < -0.3 is 37.8 Å². The molecule has 0 saturated carbocycles. The number of carbonyl (C=O) groups excluding carboxylic acids is 5. The van der Waals surface area contributed by atoms with Crippen molar-refractivity contribution in [3.63, 3.8) is 0 Å². The van der Waals surface area contributed by atoms with Crippen LogP contribution in [0.2, 0.25) is 0 Å². The molecule has 1 fully saturated rings. The van der Waals surface area contributed by atoms with Crippen LogP contribution < -0.4 is 32.7 Å². The first-order chi connectivity index (χ1) is 22.5. The summed E-state index contributed by atoms with van der Waals surface area (Å²) in [7, 11) is 1.48. The first-order valence-electron chi connectivity index (χ1n) is 15.4. The summed E-state index contributed by atoms with van der Waals surface area (Å²) in [6.07, 6.45) is 5.83. The molecule has 9 N–H and O–H groups in total. The van der Waals surface area contributed by atoms with Crippen molar-refractivity contribution in [2.75, 3.05) is 26.7 Å². The van der Waals surface area contributed by atoms with E-state index in [1.165, 1.54) is 24.1 Å².